The first-order chi connectivity index (χ1) is 7.44. The summed E-state index contributed by atoms with van der Waals surface area (Å²) in [5, 5.41) is 14.0. The standard InChI is InChI=1S/C12H17BrClNO/c1-3-15-8-12(2,16)7-9-4-5-10(13)6-11(9)14/h4-6,15-16H,3,7-8H2,1-2H3. The molecule has 0 saturated heterocycles. The Hall–Kier alpha value is -0.0900. The Labute approximate surface area is 110 Å². The number of aliphatic hydroxyl groups is 1. The highest BCUT2D eigenvalue weighted by atomic mass is 79.9. The summed E-state index contributed by atoms with van der Waals surface area (Å²) in [7, 11) is 0. The molecule has 0 radical (unpaired) electrons. The topological polar surface area (TPSA) is 32.3 Å². The normalized spacial score (nSPS) is 14.8. The Morgan fingerprint density at radius 2 is 2.19 bits per heavy atom. The third-order valence-electron chi connectivity index (χ3n) is 2.34. The van der Waals surface area contributed by atoms with Crippen molar-refractivity contribution in [2.24, 2.45) is 0 Å². The molecule has 0 fully saturated rings. The first-order valence-corrected chi connectivity index (χ1v) is 6.49. The first-order valence-electron chi connectivity index (χ1n) is 5.31. The maximum Gasteiger partial charge on any atom is 0.0784 e. The number of nitrogens with one attached hydrogen (secondary N) is 1. The third kappa shape index (κ3) is 4.42. The van der Waals surface area contributed by atoms with Gasteiger partial charge in [0.05, 0.1) is 5.60 Å². The van der Waals surface area contributed by atoms with Crippen molar-refractivity contribution in [2.75, 3.05) is 13.1 Å². The van der Waals surface area contributed by atoms with Gasteiger partial charge in [-0.15, -0.1) is 0 Å². The molecule has 0 aliphatic heterocycles. The molecule has 1 unspecified atom stereocenters. The lowest BCUT2D eigenvalue weighted by molar-refractivity contribution is 0.0607. The van der Waals surface area contributed by atoms with E-state index in [9.17, 15) is 5.11 Å². The van der Waals surface area contributed by atoms with Gasteiger partial charge >= 0.3 is 0 Å². The van der Waals surface area contributed by atoms with E-state index < -0.39 is 5.60 Å². The Morgan fingerprint density at radius 3 is 2.75 bits per heavy atom. The fourth-order valence-electron chi connectivity index (χ4n) is 1.53. The van der Waals surface area contributed by atoms with Crippen LogP contribution in [0.2, 0.25) is 5.02 Å². The minimum Gasteiger partial charge on any atom is -0.389 e. The highest BCUT2D eigenvalue weighted by molar-refractivity contribution is 9.10. The minimum absolute atomic E-state index is 0.548. The average Bonchev–Trinajstić information content (AvgIpc) is 2.19. The van der Waals surface area contributed by atoms with Crippen molar-refractivity contribution >= 4 is 27.5 Å². The second kappa shape index (κ2) is 6.01. The van der Waals surface area contributed by atoms with Gasteiger partial charge in [0.15, 0.2) is 0 Å². The van der Waals surface area contributed by atoms with Crippen LogP contribution in [0, 0.1) is 0 Å². The van der Waals surface area contributed by atoms with Crippen LogP contribution in [0.25, 0.3) is 0 Å². The van der Waals surface area contributed by atoms with Crippen LogP contribution in [0.5, 0.6) is 0 Å². The highest BCUT2D eigenvalue weighted by Crippen LogP contribution is 2.24. The summed E-state index contributed by atoms with van der Waals surface area (Å²) < 4.78 is 0.951. The molecule has 1 aromatic carbocycles. The Balaban J connectivity index is 2.71. The number of hydrogen-bond donors (Lipinski definition) is 2. The molecule has 16 heavy (non-hydrogen) atoms. The molecule has 0 aromatic heterocycles. The largest absolute Gasteiger partial charge is 0.389 e. The van der Waals surface area contributed by atoms with Gasteiger partial charge in [-0.05, 0) is 31.2 Å². The van der Waals surface area contributed by atoms with E-state index in [0.717, 1.165) is 16.6 Å². The number of benzene rings is 1. The number of hydrogen-bond acceptors (Lipinski definition) is 2. The lowest BCUT2D eigenvalue weighted by Gasteiger charge is -2.24. The highest BCUT2D eigenvalue weighted by Gasteiger charge is 2.21. The quantitative estimate of drug-likeness (QED) is 0.876. The number of rotatable bonds is 5. The maximum atomic E-state index is 10.2. The predicted octanol–water partition coefficient (Wildman–Crippen LogP) is 3.01. The van der Waals surface area contributed by atoms with E-state index in [0.29, 0.717) is 18.0 Å². The Morgan fingerprint density at radius 1 is 1.50 bits per heavy atom. The zero-order valence-electron chi connectivity index (χ0n) is 9.56. The summed E-state index contributed by atoms with van der Waals surface area (Å²) in [6, 6.07) is 5.72. The molecule has 0 aliphatic carbocycles. The van der Waals surface area contributed by atoms with Gasteiger partial charge in [0.25, 0.3) is 0 Å². The van der Waals surface area contributed by atoms with Crippen LogP contribution >= 0.6 is 27.5 Å². The zero-order chi connectivity index (χ0) is 12.2. The van der Waals surface area contributed by atoms with Crippen LogP contribution in [-0.4, -0.2) is 23.8 Å². The van der Waals surface area contributed by atoms with Gasteiger partial charge in [-0.25, -0.2) is 0 Å². The van der Waals surface area contributed by atoms with Crippen molar-refractivity contribution in [1.29, 1.82) is 0 Å². The molecule has 0 bridgehead atoms. The molecule has 0 amide bonds. The van der Waals surface area contributed by atoms with Gasteiger partial charge in [0.1, 0.15) is 0 Å². The lowest BCUT2D eigenvalue weighted by Crippen LogP contribution is -2.39. The van der Waals surface area contributed by atoms with E-state index in [1.54, 1.807) is 0 Å². The van der Waals surface area contributed by atoms with Crippen LogP contribution in [0.15, 0.2) is 22.7 Å². The monoisotopic (exact) mass is 305 g/mol. The fourth-order valence-corrected chi connectivity index (χ4v) is 2.27. The third-order valence-corrected chi connectivity index (χ3v) is 3.19. The molecule has 0 heterocycles. The van der Waals surface area contributed by atoms with Gasteiger partial charge in [-0.3, -0.25) is 0 Å². The molecule has 0 saturated carbocycles. The van der Waals surface area contributed by atoms with Crippen molar-refractivity contribution in [1.82, 2.24) is 5.32 Å². The smallest absolute Gasteiger partial charge is 0.0784 e. The predicted molar refractivity (Wildman–Crippen MR) is 72.0 cm³/mol. The van der Waals surface area contributed by atoms with Gasteiger partial charge in [0, 0.05) is 22.5 Å². The van der Waals surface area contributed by atoms with E-state index in [4.69, 9.17) is 11.6 Å². The van der Waals surface area contributed by atoms with Gasteiger partial charge in [0.2, 0.25) is 0 Å². The van der Waals surface area contributed by atoms with E-state index in [2.05, 4.69) is 21.2 Å². The molecule has 90 valence electrons. The van der Waals surface area contributed by atoms with Crippen molar-refractivity contribution in [3.63, 3.8) is 0 Å². The molecule has 0 spiro atoms. The van der Waals surface area contributed by atoms with Gasteiger partial charge < -0.3 is 10.4 Å². The van der Waals surface area contributed by atoms with Crippen LogP contribution in [0.1, 0.15) is 19.4 Å². The molecule has 1 atom stereocenters. The Kier molecular flexibility index (Phi) is 5.25. The summed E-state index contributed by atoms with van der Waals surface area (Å²) in [4.78, 5) is 0. The average molecular weight is 307 g/mol. The van der Waals surface area contributed by atoms with Crippen LogP contribution in [0.4, 0.5) is 0 Å². The summed E-state index contributed by atoms with van der Waals surface area (Å²) in [5.41, 5.74) is 0.195. The summed E-state index contributed by atoms with van der Waals surface area (Å²) >= 11 is 9.47. The van der Waals surface area contributed by atoms with E-state index in [-0.39, 0.29) is 0 Å². The fraction of sp³-hybridized carbons (Fsp3) is 0.500. The first kappa shape index (κ1) is 14.0. The van der Waals surface area contributed by atoms with Gasteiger partial charge in [-0.1, -0.05) is 40.5 Å². The lowest BCUT2D eigenvalue weighted by atomic mass is 9.96. The molecule has 0 aliphatic rings. The molecular weight excluding hydrogens is 289 g/mol. The molecule has 1 aromatic rings. The Bertz CT molecular complexity index is 355. The summed E-state index contributed by atoms with van der Waals surface area (Å²) in [6.45, 7) is 5.25. The molecule has 4 heteroatoms. The van der Waals surface area contributed by atoms with E-state index >= 15 is 0 Å². The maximum absolute atomic E-state index is 10.2. The molecular formula is C12H17BrClNO. The van der Waals surface area contributed by atoms with Crippen molar-refractivity contribution in [3.05, 3.63) is 33.3 Å². The second-order valence-corrected chi connectivity index (χ2v) is 5.51. The van der Waals surface area contributed by atoms with Gasteiger partial charge in [-0.2, -0.15) is 0 Å². The van der Waals surface area contributed by atoms with E-state index in [1.807, 2.05) is 32.0 Å². The summed E-state index contributed by atoms with van der Waals surface area (Å²) in [5.74, 6) is 0. The van der Waals surface area contributed by atoms with Crippen LogP contribution in [-0.2, 0) is 6.42 Å². The second-order valence-electron chi connectivity index (χ2n) is 4.19. The van der Waals surface area contributed by atoms with Crippen molar-refractivity contribution < 1.29 is 5.11 Å². The number of halogens is 2. The van der Waals surface area contributed by atoms with Crippen molar-refractivity contribution in [2.45, 2.75) is 25.9 Å². The number of likely N-dealkylation sites (N-methyl/N-ethyl adjacent to an activating group) is 1. The van der Waals surface area contributed by atoms with E-state index in [1.165, 1.54) is 0 Å². The molecule has 1 rings (SSSR count). The van der Waals surface area contributed by atoms with Crippen molar-refractivity contribution in [3.8, 4) is 0 Å². The van der Waals surface area contributed by atoms with Crippen LogP contribution < -0.4 is 5.32 Å². The zero-order valence-corrected chi connectivity index (χ0v) is 11.9. The molecule has 2 nitrogen and oxygen atoms in total. The summed E-state index contributed by atoms with van der Waals surface area (Å²) in [6.07, 6.45) is 0.548. The SMILES string of the molecule is CCNCC(C)(O)Cc1ccc(Br)cc1Cl. The molecule has 2 N–H and O–H groups in total. The minimum atomic E-state index is -0.770. The van der Waals surface area contributed by atoms with Crippen LogP contribution in [0.3, 0.4) is 0 Å².